The van der Waals surface area contributed by atoms with Crippen LogP contribution in [0.4, 0.5) is 9.59 Å². The largest absolute Gasteiger partial charge is 0.445 e. The minimum atomic E-state index is -0.491. The smallest absolute Gasteiger partial charge is 0.410 e. The summed E-state index contributed by atoms with van der Waals surface area (Å²) in [6, 6.07) is 9.66. The molecule has 2 amide bonds. The molecule has 25 heavy (non-hydrogen) atoms. The van der Waals surface area contributed by atoms with Gasteiger partial charge in [0.25, 0.3) is 0 Å². The number of carbonyl (C=O) groups excluding carboxylic acids is 2. The van der Waals surface area contributed by atoms with E-state index in [4.69, 9.17) is 9.47 Å². The molecule has 0 unspecified atom stereocenters. The molecular formula is C19H26N2O4. The van der Waals surface area contributed by atoms with Gasteiger partial charge in [-0.15, -0.1) is 0 Å². The van der Waals surface area contributed by atoms with Gasteiger partial charge in [-0.3, -0.25) is 0 Å². The first kappa shape index (κ1) is 17.6. The second-order valence-corrected chi connectivity index (χ2v) is 7.98. The Kier molecular flexibility index (Phi) is 4.62. The van der Waals surface area contributed by atoms with Crippen molar-refractivity contribution in [3.8, 4) is 0 Å². The number of rotatable bonds is 3. The summed E-state index contributed by atoms with van der Waals surface area (Å²) in [5, 5.41) is 2.92. The highest BCUT2D eigenvalue weighted by Gasteiger charge is 2.59. The number of carbonyl (C=O) groups is 2. The molecule has 0 aromatic heterocycles. The highest BCUT2D eigenvalue weighted by Crippen LogP contribution is 2.53. The second kappa shape index (κ2) is 6.58. The van der Waals surface area contributed by atoms with E-state index in [0.29, 0.717) is 13.1 Å². The third-order valence-corrected chi connectivity index (χ3v) is 4.73. The van der Waals surface area contributed by atoms with E-state index in [-0.39, 0.29) is 24.2 Å². The van der Waals surface area contributed by atoms with Crippen LogP contribution in [-0.4, -0.2) is 41.8 Å². The van der Waals surface area contributed by atoms with E-state index in [1.807, 2.05) is 51.1 Å². The number of amides is 2. The first-order valence-electron chi connectivity index (χ1n) is 8.73. The Balaban J connectivity index is 1.43. The van der Waals surface area contributed by atoms with E-state index in [1.54, 1.807) is 4.90 Å². The Hall–Kier alpha value is -2.24. The lowest BCUT2D eigenvalue weighted by Gasteiger charge is -2.24. The highest BCUT2D eigenvalue weighted by molar-refractivity contribution is 5.70. The van der Waals surface area contributed by atoms with Crippen LogP contribution in [0, 0.1) is 5.41 Å². The number of benzene rings is 1. The van der Waals surface area contributed by atoms with E-state index in [9.17, 15) is 9.59 Å². The molecule has 1 heterocycles. The number of alkyl carbamates (subject to hydrolysis) is 1. The van der Waals surface area contributed by atoms with Crippen molar-refractivity contribution in [2.75, 3.05) is 13.1 Å². The molecule has 1 aliphatic heterocycles. The fraction of sp³-hybridized carbons (Fsp3) is 0.579. The van der Waals surface area contributed by atoms with Crippen LogP contribution in [0.15, 0.2) is 30.3 Å². The predicted molar refractivity (Wildman–Crippen MR) is 93.0 cm³/mol. The highest BCUT2D eigenvalue weighted by atomic mass is 16.6. The summed E-state index contributed by atoms with van der Waals surface area (Å²) in [4.78, 5) is 25.9. The van der Waals surface area contributed by atoms with Gasteiger partial charge in [-0.25, -0.2) is 9.59 Å². The monoisotopic (exact) mass is 346 g/mol. The van der Waals surface area contributed by atoms with Gasteiger partial charge in [0.1, 0.15) is 12.2 Å². The Morgan fingerprint density at radius 3 is 2.68 bits per heavy atom. The van der Waals surface area contributed by atoms with E-state index in [1.165, 1.54) is 0 Å². The van der Waals surface area contributed by atoms with Gasteiger partial charge in [-0.05, 0) is 39.2 Å². The van der Waals surface area contributed by atoms with Gasteiger partial charge in [-0.2, -0.15) is 0 Å². The topological polar surface area (TPSA) is 67.9 Å². The average molecular weight is 346 g/mol. The summed E-state index contributed by atoms with van der Waals surface area (Å²) in [5.41, 5.74) is 0.456. The molecule has 1 N–H and O–H groups in total. The zero-order chi connectivity index (χ0) is 18.1. The number of likely N-dealkylation sites (tertiary alicyclic amines) is 1. The molecule has 2 atom stereocenters. The van der Waals surface area contributed by atoms with Crippen molar-refractivity contribution in [2.45, 2.75) is 51.9 Å². The zero-order valence-electron chi connectivity index (χ0n) is 15.1. The van der Waals surface area contributed by atoms with Crippen LogP contribution < -0.4 is 5.32 Å². The molecule has 2 fully saturated rings. The fourth-order valence-corrected chi connectivity index (χ4v) is 3.29. The van der Waals surface area contributed by atoms with Crippen LogP contribution >= 0.6 is 0 Å². The molecule has 1 saturated carbocycles. The molecule has 6 nitrogen and oxygen atoms in total. The molecule has 0 bridgehead atoms. The molecule has 0 radical (unpaired) electrons. The summed E-state index contributed by atoms with van der Waals surface area (Å²) < 4.78 is 10.7. The van der Waals surface area contributed by atoms with Crippen molar-refractivity contribution in [2.24, 2.45) is 5.41 Å². The number of nitrogens with zero attached hydrogens (tertiary/aromatic N) is 1. The lowest BCUT2D eigenvalue weighted by Crippen LogP contribution is -2.36. The molecule has 6 heteroatoms. The SMILES string of the molecule is CC(C)(C)OC(=O)N1CC[C@@]2(C[C@@H]2NC(=O)OCc2ccccc2)C1. The summed E-state index contributed by atoms with van der Waals surface area (Å²) in [6.45, 7) is 7.15. The minimum absolute atomic E-state index is 0.0112. The first-order valence-corrected chi connectivity index (χ1v) is 8.73. The molecule has 1 spiro atoms. The van der Waals surface area contributed by atoms with Crippen molar-refractivity contribution in [3.05, 3.63) is 35.9 Å². The van der Waals surface area contributed by atoms with Crippen LogP contribution in [0.25, 0.3) is 0 Å². The molecule has 1 aromatic carbocycles. The van der Waals surface area contributed by atoms with E-state index in [2.05, 4.69) is 5.32 Å². The van der Waals surface area contributed by atoms with Gasteiger partial charge < -0.3 is 19.7 Å². The Morgan fingerprint density at radius 1 is 1.28 bits per heavy atom. The third-order valence-electron chi connectivity index (χ3n) is 4.73. The van der Waals surface area contributed by atoms with Crippen LogP contribution in [0.1, 0.15) is 39.2 Å². The maximum atomic E-state index is 12.2. The van der Waals surface area contributed by atoms with Gasteiger partial charge in [0.15, 0.2) is 0 Å². The second-order valence-electron chi connectivity index (χ2n) is 7.98. The van der Waals surface area contributed by atoms with Gasteiger partial charge >= 0.3 is 12.2 Å². The van der Waals surface area contributed by atoms with E-state index in [0.717, 1.165) is 18.4 Å². The summed E-state index contributed by atoms with van der Waals surface area (Å²) in [5.74, 6) is 0. The number of ether oxygens (including phenoxy) is 2. The van der Waals surface area contributed by atoms with E-state index < -0.39 is 11.7 Å². The minimum Gasteiger partial charge on any atom is -0.445 e. The molecule has 136 valence electrons. The maximum absolute atomic E-state index is 12.2. The lowest BCUT2D eigenvalue weighted by atomic mass is 10.1. The van der Waals surface area contributed by atoms with E-state index >= 15 is 0 Å². The van der Waals surface area contributed by atoms with Crippen LogP contribution in [0.3, 0.4) is 0 Å². The number of hydrogen-bond acceptors (Lipinski definition) is 4. The van der Waals surface area contributed by atoms with Gasteiger partial charge in [0.05, 0.1) is 0 Å². The maximum Gasteiger partial charge on any atom is 0.410 e. The quantitative estimate of drug-likeness (QED) is 0.912. The number of hydrogen-bond donors (Lipinski definition) is 1. The molecule has 3 rings (SSSR count). The Bertz CT molecular complexity index is 641. The van der Waals surface area contributed by atoms with Crippen molar-refractivity contribution < 1.29 is 19.1 Å². The summed E-state index contributed by atoms with van der Waals surface area (Å²) >= 11 is 0. The van der Waals surface area contributed by atoms with Crippen molar-refractivity contribution in [1.82, 2.24) is 10.2 Å². The van der Waals surface area contributed by atoms with Gasteiger partial charge in [0.2, 0.25) is 0 Å². The Labute approximate surface area is 148 Å². The van der Waals surface area contributed by atoms with Crippen LogP contribution in [-0.2, 0) is 16.1 Å². The van der Waals surface area contributed by atoms with Crippen molar-refractivity contribution in [3.63, 3.8) is 0 Å². The van der Waals surface area contributed by atoms with Gasteiger partial charge in [0, 0.05) is 24.5 Å². The molecule has 2 aliphatic rings. The molecule has 1 saturated heterocycles. The van der Waals surface area contributed by atoms with Crippen molar-refractivity contribution >= 4 is 12.2 Å². The van der Waals surface area contributed by atoms with Crippen molar-refractivity contribution in [1.29, 1.82) is 0 Å². The molecule has 1 aromatic rings. The molecular weight excluding hydrogens is 320 g/mol. The molecule has 1 aliphatic carbocycles. The lowest BCUT2D eigenvalue weighted by molar-refractivity contribution is 0.0285. The zero-order valence-corrected chi connectivity index (χ0v) is 15.1. The third kappa shape index (κ3) is 4.44. The fourth-order valence-electron chi connectivity index (χ4n) is 3.29. The average Bonchev–Trinajstić information content (AvgIpc) is 3.00. The van der Waals surface area contributed by atoms with Gasteiger partial charge in [-0.1, -0.05) is 30.3 Å². The Morgan fingerprint density at radius 2 is 2.00 bits per heavy atom. The van der Waals surface area contributed by atoms with Crippen LogP contribution in [0.2, 0.25) is 0 Å². The summed E-state index contributed by atoms with van der Waals surface area (Å²) in [7, 11) is 0. The summed E-state index contributed by atoms with van der Waals surface area (Å²) in [6.07, 6.45) is 1.09. The number of nitrogens with one attached hydrogen (secondary N) is 1. The predicted octanol–water partition coefficient (Wildman–Crippen LogP) is 3.31. The van der Waals surface area contributed by atoms with Crippen LogP contribution in [0.5, 0.6) is 0 Å². The first-order chi connectivity index (χ1) is 11.8. The standard InChI is InChI=1S/C19H26N2O4/c1-18(2,3)25-17(23)21-10-9-19(13-21)11-15(19)20-16(22)24-12-14-7-5-4-6-8-14/h4-8,15H,9-13H2,1-3H3,(H,20,22)/t15-,19+/m0/s1. The normalized spacial score (nSPS) is 24.9.